The lowest BCUT2D eigenvalue weighted by Gasteiger charge is -2.20. The first-order valence-corrected chi connectivity index (χ1v) is 8.23. The average Bonchev–Trinajstić information content (AvgIpc) is 2.47. The van der Waals surface area contributed by atoms with Gasteiger partial charge < -0.3 is 10.6 Å². The minimum atomic E-state index is -0.311. The number of aryl methyl sites for hydroxylation is 3. The Labute approximate surface area is 143 Å². The van der Waals surface area contributed by atoms with Crippen LogP contribution in [0.2, 0.25) is 0 Å². The van der Waals surface area contributed by atoms with Gasteiger partial charge in [0.05, 0.1) is 0 Å². The molecule has 0 unspecified atom stereocenters. The van der Waals surface area contributed by atoms with Gasteiger partial charge in [-0.2, -0.15) is 0 Å². The van der Waals surface area contributed by atoms with Gasteiger partial charge in [-0.15, -0.1) is 0 Å². The zero-order valence-corrected chi connectivity index (χ0v) is 15.3. The molecule has 1 amide bonds. The lowest BCUT2D eigenvalue weighted by Crippen LogP contribution is -2.41. The molecular weight excluding hydrogens is 300 g/mol. The van der Waals surface area contributed by atoms with Crippen LogP contribution in [0.1, 0.15) is 55.1 Å². The van der Waals surface area contributed by atoms with Gasteiger partial charge in [-0.25, -0.2) is 9.97 Å². The van der Waals surface area contributed by atoms with Crippen LogP contribution < -0.4 is 10.6 Å². The Hall–Kier alpha value is -2.43. The second-order valence-corrected chi connectivity index (χ2v) is 6.98. The van der Waals surface area contributed by atoms with Crippen LogP contribution in [-0.4, -0.2) is 21.4 Å². The van der Waals surface area contributed by atoms with Gasteiger partial charge in [-0.1, -0.05) is 25.1 Å². The summed E-state index contributed by atoms with van der Waals surface area (Å²) in [5.41, 5.74) is 3.46. The van der Waals surface area contributed by atoms with E-state index in [0.29, 0.717) is 17.3 Å². The highest BCUT2D eigenvalue weighted by Crippen LogP contribution is 2.25. The van der Waals surface area contributed by atoms with Crippen LogP contribution in [0.5, 0.6) is 0 Å². The van der Waals surface area contributed by atoms with Gasteiger partial charge in [-0.3, -0.25) is 4.79 Å². The van der Waals surface area contributed by atoms with E-state index in [1.54, 1.807) is 13.0 Å². The topological polar surface area (TPSA) is 66.9 Å². The molecule has 1 aromatic carbocycles. The van der Waals surface area contributed by atoms with Crippen LogP contribution in [-0.2, 0) is 6.42 Å². The third-order valence-electron chi connectivity index (χ3n) is 3.55. The fourth-order valence-corrected chi connectivity index (χ4v) is 2.48. The van der Waals surface area contributed by atoms with Gasteiger partial charge in [0, 0.05) is 17.3 Å². The van der Waals surface area contributed by atoms with Crippen LogP contribution in [0.4, 0.5) is 11.5 Å². The Morgan fingerprint density at radius 2 is 1.88 bits per heavy atom. The predicted molar refractivity (Wildman–Crippen MR) is 97.8 cm³/mol. The quantitative estimate of drug-likeness (QED) is 0.893. The van der Waals surface area contributed by atoms with E-state index >= 15 is 0 Å². The molecule has 5 heteroatoms. The molecule has 2 rings (SSSR count). The molecule has 2 aromatic rings. The minimum absolute atomic E-state index is 0.198. The van der Waals surface area contributed by atoms with Crippen molar-refractivity contribution in [2.45, 2.75) is 53.5 Å². The van der Waals surface area contributed by atoms with Gasteiger partial charge in [0.1, 0.15) is 17.3 Å². The summed E-state index contributed by atoms with van der Waals surface area (Å²) < 4.78 is 0. The molecule has 0 saturated carbocycles. The lowest BCUT2D eigenvalue weighted by atomic mass is 10.1. The number of carbonyl (C=O) groups is 1. The number of rotatable bonds is 4. The second-order valence-electron chi connectivity index (χ2n) is 6.98. The number of hydrogen-bond donors (Lipinski definition) is 2. The number of hydrogen-bond acceptors (Lipinski definition) is 4. The molecule has 0 atom stereocenters. The van der Waals surface area contributed by atoms with Crippen LogP contribution in [0.15, 0.2) is 24.3 Å². The Morgan fingerprint density at radius 3 is 2.50 bits per heavy atom. The highest BCUT2D eigenvalue weighted by molar-refractivity contribution is 5.93. The number of para-hydroxylation sites is 1. The van der Waals surface area contributed by atoms with Crippen molar-refractivity contribution in [1.29, 1.82) is 0 Å². The standard InChI is InChI=1S/C19H26N4O/c1-7-14-10-8-9-12(2)17(14)22-16-11-15(20-13(3)21-16)18(24)23-19(4,5)6/h8-11H,7H2,1-6H3,(H,23,24)(H,20,21,22). The molecular formula is C19H26N4O. The largest absolute Gasteiger partial charge is 0.346 e. The van der Waals surface area contributed by atoms with E-state index < -0.39 is 0 Å². The molecule has 0 bridgehead atoms. The van der Waals surface area contributed by atoms with Crippen molar-refractivity contribution < 1.29 is 4.79 Å². The monoisotopic (exact) mass is 326 g/mol. The van der Waals surface area contributed by atoms with E-state index in [-0.39, 0.29) is 11.4 Å². The van der Waals surface area contributed by atoms with Crippen LogP contribution in [0.3, 0.4) is 0 Å². The molecule has 24 heavy (non-hydrogen) atoms. The maximum absolute atomic E-state index is 12.4. The smallest absolute Gasteiger partial charge is 0.270 e. The van der Waals surface area contributed by atoms with Gasteiger partial charge in [0.2, 0.25) is 0 Å². The summed E-state index contributed by atoms with van der Waals surface area (Å²) in [6.07, 6.45) is 0.922. The maximum atomic E-state index is 12.4. The number of benzene rings is 1. The number of nitrogens with zero attached hydrogens (tertiary/aromatic N) is 2. The van der Waals surface area contributed by atoms with E-state index in [2.05, 4.69) is 46.6 Å². The Bertz CT molecular complexity index is 748. The van der Waals surface area contributed by atoms with E-state index in [1.807, 2.05) is 26.8 Å². The summed E-state index contributed by atoms with van der Waals surface area (Å²) in [6, 6.07) is 7.89. The average molecular weight is 326 g/mol. The molecule has 1 aromatic heterocycles. The van der Waals surface area contributed by atoms with Crippen molar-refractivity contribution in [3.8, 4) is 0 Å². The van der Waals surface area contributed by atoms with E-state index in [9.17, 15) is 4.79 Å². The second kappa shape index (κ2) is 6.99. The van der Waals surface area contributed by atoms with Crippen molar-refractivity contribution in [2.75, 3.05) is 5.32 Å². The zero-order chi connectivity index (χ0) is 17.9. The molecule has 0 aliphatic heterocycles. The van der Waals surface area contributed by atoms with Crippen LogP contribution in [0.25, 0.3) is 0 Å². The summed E-state index contributed by atoms with van der Waals surface area (Å²) in [4.78, 5) is 21.1. The van der Waals surface area contributed by atoms with Crippen LogP contribution >= 0.6 is 0 Å². The third kappa shape index (κ3) is 4.54. The molecule has 0 aliphatic rings. The number of carbonyl (C=O) groups excluding carboxylic acids is 1. The summed E-state index contributed by atoms with van der Waals surface area (Å²) in [6.45, 7) is 11.8. The van der Waals surface area contributed by atoms with Gasteiger partial charge >= 0.3 is 0 Å². The van der Waals surface area contributed by atoms with Crippen LogP contribution in [0, 0.1) is 13.8 Å². The van der Waals surface area contributed by atoms with E-state index in [4.69, 9.17) is 0 Å². The normalized spacial score (nSPS) is 11.2. The molecule has 5 nitrogen and oxygen atoms in total. The summed E-state index contributed by atoms with van der Waals surface area (Å²) >= 11 is 0. The molecule has 1 heterocycles. The van der Waals surface area contributed by atoms with E-state index in [1.165, 1.54) is 5.56 Å². The highest BCUT2D eigenvalue weighted by atomic mass is 16.2. The first kappa shape index (κ1) is 17.9. The van der Waals surface area contributed by atoms with Crippen molar-refractivity contribution >= 4 is 17.4 Å². The lowest BCUT2D eigenvalue weighted by molar-refractivity contribution is 0.0914. The maximum Gasteiger partial charge on any atom is 0.270 e. The van der Waals surface area contributed by atoms with Crippen molar-refractivity contribution in [3.63, 3.8) is 0 Å². The molecule has 0 fully saturated rings. The summed E-state index contributed by atoms with van der Waals surface area (Å²) in [7, 11) is 0. The number of nitrogens with one attached hydrogen (secondary N) is 2. The van der Waals surface area contributed by atoms with Crippen molar-refractivity contribution in [1.82, 2.24) is 15.3 Å². The molecule has 128 valence electrons. The molecule has 0 aliphatic carbocycles. The summed E-state index contributed by atoms with van der Waals surface area (Å²) in [5.74, 6) is 0.993. The van der Waals surface area contributed by atoms with Gasteiger partial charge in [-0.05, 0) is 52.2 Å². The highest BCUT2D eigenvalue weighted by Gasteiger charge is 2.18. The third-order valence-corrected chi connectivity index (χ3v) is 3.55. The first-order valence-electron chi connectivity index (χ1n) is 8.23. The Morgan fingerprint density at radius 1 is 1.17 bits per heavy atom. The predicted octanol–water partition coefficient (Wildman–Crippen LogP) is 3.93. The van der Waals surface area contributed by atoms with Gasteiger partial charge in [0.25, 0.3) is 5.91 Å². The van der Waals surface area contributed by atoms with Crippen molar-refractivity contribution in [3.05, 3.63) is 46.9 Å². The molecule has 0 saturated heterocycles. The zero-order valence-electron chi connectivity index (χ0n) is 15.3. The van der Waals surface area contributed by atoms with Crippen molar-refractivity contribution in [2.24, 2.45) is 0 Å². The number of amides is 1. The minimum Gasteiger partial charge on any atom is -0.346 e. The first-order chi connectivity index (χ1) is 11.2. The van der Waals surface area contributed by atoms with E-state index in [0.717, 1.165) is 17.7 Å². The summed E-state index contributed by atoms with van der Waals surface area (Å²) in [5, 5.41) is 6.29. The fourth-order valence-electron chi connectivity index (χ4n) is 2.48. The van der Waals surface area contributed by atoms with Gasteiger partial charge in [0.15, 0.2) is 0 Å². The molecule has 0 radical (unpaired) electrons. The Balaban J connectivity index is 2.35. The number of aromatic nitrogens is 2. The SMILES string of the molecule is CCc1cccc(C)c1Nc1cc(C(=O)NC(C)(C)C)nc(C)n1. The fraction of sp³-hybridized carbons (Fsp3) is 0.421. The number of anilines is 2. The Kier molecular flexibility index (Phi) is 5.22. The molecule has 2 N–H and O–H groups in total. The molecule has 0 spiro atoms.